The number of hydrogen-bond donors (Lipinski definition) is 2. The molecule has 3 rings (SSSR count). The Hall–Kier alpha value is -1.39. The van der Waals surface area contributed by atoms with E-state index in [1.807, 2.05) is 12.1 Å². The molecule has 0 aromatic heterocycles. The lowest BCUT2D eigenvalue weighted by molar-refractivity contribution is 0.0952. The second-order valence-electron chi connectivity index (χ2n) is 7.18. The van der Waals surface area contributed by atoms with Crippen molar-refractivity contribution in [1.82, 2.24) is 15.5 Å². The minimum atomic E-state index is 0.0597. The highest BCUT2D eigenvalue weighted by Crippen LogP contribution is 2.23. The Bertz CT molecular complexity index is 502. The van der Waals surface area contributed by atoms with Crippen molar-refractivity contribution in [3.8, 4) is 0 Å². The fraction of sp³-hybridized carbons (Fsp3) is 0.650. The van der Waals surface area contributed by atoms with Gasteiger partial charge in [-0.15, -0.1) is 0 Å². The second kappa shape index (κ2) is 9.19. The number of carbonyl (C=O) groups excluding carboxylic acids is 1. The molecule has 2 N–H and O–H groups in total. The summed E-state index contributed by atoms with van der Waals surface area (Å²) in [6, 6.07) is 8.20. The van der Waals surface area contributed by atoms with E-state index in [2.05, 4.69) is 27.7 Å². The summed E-state index contributed by atoms with van der Waals surface area (Å²) in [5.74, 6) is 0.658. The number of carbonyl (C=O) groups is 1. The first-order chi connectivity index (χ1) is 11.8. The minimum absolute atomic E-state index is 0.0597. The predicted octanol–water partition coefficient (Wildman–Crippen LogP) is 2.76. The Labute approximate surface area is 146 Å². The molecule has 2 heterocycles. The van der Waals surface area contributed by atoms with Gasteiger partial charge in [0.15, 0.2) is 0 Å². The van der Waals surface area contributed by atoms with Crippen molar-refractivity contribution in [3.05, 3.63) is 35.4 Å². The maximum Gasteiger partial charge on any atom is 0.251 e. The van der Waals surface area contributed by atoms with Crippen LogP contribution in [-0.4, -0.2) is 50.1 Å². The van der Waals surface area contributed by atoms with Gasteiger partial charge in [0, 0.05) is 18.7 Å². The Morgan fingerprint density at radius 3 is 2.62 bits per heavy atom. The summed E-state index contributed by atoms with van der Waals surface area (Å²) in [5.41, 5.74) is 2.13. The summed E-state index contributed by atoms with van der Waals surface area (Å²) in [5, 5.41) is 6.50. The molecule has 24 heavy (non-hydrogen) atoms. The van der Waals surface area contributed by atoms with Crippen LogP contribution in [0.4, 0.5) is 0 Å². The summed E-state index contributed by atoms with van der Waals surface area (Å²) in [4.78, 5) is 14.7. The number of piperidine rings is 1. The first kappa shape index (κ1) is 17.4. The molecule has 0 aliphatic carbocycles. The van der Waals surface area contributed by atoms with E-state index >= 15 is 0 Å². The van der Waals surface area contributed by atoms with E-state index < -0.39 is 0 Å². The molecule has 1 amide bonds. The highest BCUT2D eigenvalue weighted by atomic mass is 16.1. The average molecular weight is 329 g/mol. The van der Waals surface area contributed by atoms with Crippen molar-refractivity contribution in [2.75, 3.05) is 39.3 Å². The standard InChI is InChI=1S/C20H31N3O/c24-20(22-12-1-2-13-23-14-3-4-15-23)18-9-7-17(8-10-18)19-6-5-11-21-16-19/h7-10,19,21H,1-6,11-16H2,(H,22,24). The van der Waals surface area contributed by atoms with Crippen LogP contribution >= 0.6 is 0 Å². The van der Waals surface area contributed by atoms with Crippen molar-refractivity contribution in [2.24, 2.45) is 0 Å². The molecule has 4 nitrogen and oxygen atoms in total. The van der Waals surface area contributed by atoms with Crippen LogP contribution in [0.5, 0.6) is 0 Å². The lowest BCUT2D eigenvalue weighted by atomic mass is 9.91. The molecule has 1 atom stereocenters. The molecule has 0 radical (unpaired) electrons. The van der Waals surface area contributed by atoms with Gasteiger partial charge in [0.2, 0.25) is 0 Å². The summed E-state index contributed by atoms with van der Waals surface area (Å²) >= 11 is 0. The highest BCUT2D eigenvalue weighted by molar-refractivity contribution is 5.94. The zero-order chi connectivity index (χ0) is 16.6. The first-order valence-corrected chi connectivity index (χ1v) is 9.64. The number of benzene rings is 1. The van der Waals surface area contributed by atoms with E-state index in [0.717, 1.165) is 31.6 Å². The van der Waals surface area contributed by atoms with Gasteiger partial charge in [0.05, 0.1) is 0 Å². The quantitative estimate of drug-likeness (QED) is 0.756. The van der Waals surface area contributed by atoms with Crippen LogP contribution in [0.3, 0.4) is 0 Å². The van der Waals surface area contributed by atoms with Crippen LogP contribution in [0.1, 0.15) is 60.4 Å². The van der Waals surface area contributed by atoms with Gasteiger partial charge in [0.1, 0.15) is 0 Å². The molecule has 132 valence electrons. The molecule has 1 aromatic rings. The van der Waals surface area contributed by atoms with Gasteiger partial charge in [-0.25, -0.2) is 0 Å². The third-order valence-corrected chi connectivity index (χ3v) is 5.33. The lowest BCUT2D eigenvalue weighted by Crippen LogP contribution is -2.28. The van der Waals surface area contributed by atoms with E-state index in [9.17, 15) is 4.79 Å². The number of hydrogen-bond acceptors (Lipinski definition) is 3. The third-order valence-electron chi connectivity index (χ3n) is 5.33. The molecule has 0 spiro atoms. The second-order valence-corrected chi connectivity index (χ2v) is 7.18. The van der Waals surface area contributed by atoms with E-state index in [1.54, 1.807) is 0 Å². The van der Waals surface area contributed by atoms with Gasteiger partial charge in [-0.05, 0) is 88.3 Å². The zero-order valence-corrected chi connectivity index (χ0v) is 14.7. The lowest BCUT2D eigenvalue weighted by Gasteiger charge is -2.23. The zero-order valence-electron chi connectivity index (χ0n) is 14.7. The van der Waals surface area contributed by atoms with Gasteiger partial charge in [-0.2, -0.15) is 0 Å². The van der Waals surface area contributed by atoms with Crippen molar-refractivity contribution in [3.63, 3.8) is 0 Å². The Balaban J connectivity index is 1.36. The molecule has 2 aliphatic heterocycles. The van der Waals surface area contributed by atoms with Crippen LogP contribution in [-0.2, 0) is 0 Å². The highest BCUT2D eigenvalue weighted by Gasteiger charge is 2.15. The Morgan fingerprint density at radius 2 is 1.92 bits per heavy atom. The van der Waals surface area contributed by atoms with E-state index in [0.29, 0.717) is 5.92 Å². The minimum Gasteiger partial charge on any atom is -0.352 e. The van der Waals surface area contributed by atoms with Gasteiger partial charge in [-0.1, -0.05) is 12.1 Å². The SMILES string of the molecule is O=C(NCCCCN1CCCC1)c1ccc(C2CCCNC2)cc1. The largest absolute Gasteiger partial charge is 0.352 e. The van der Waals surface area contributed by atoms with Gasteiger partial charge >= 0.3 is 0 Å². The van der Waals surface area contributed by atoms with Crippen LogP contribution in [0.25, 0.3) is 0 Å². The normalized spacial score (nSPS) is 21.8. The summed E-state index contributed by atoms with van der Waals surface area (Å²) in [7, 11) is 0. The molecule has 0 bridgehead atoms. The van der Waals surface area contributed by atoms with Crippen molar-refractivity contribution < 1.29 is 4.79 Å². The van der Waals surface area contributed by atoms with Crippen molar-refractivity contribution in [1.29, 1.82) is 0 Å². The van der Waals surface area contributed by atoms with E-state index in [4.69, 9.17) is 0 Å². The van der Waals surface area contributed by atoms with Gasteiger partial charge in [-0.3, -0.25) is 4.79 Å². The first-order valence-electron chi connectivity index (χ1n) is 9.64. The van der Waals surface area contributed by atoms with Gasteiger partial charge in [0.25, 0.3) is 5.91 Å². The average Bonchev–Trinajstić information content (AvgIpc) is 3.16. The van der Waals surface area contributed by atoms with Crippen LogP contribution < -0.4 is 10.6 Å². The van der Waals surface area contributed by atoms with Gasteiger partial charge < -0.3 is 15.5 Å². The molecule has 1 unspecified atom stereocenters. The number of nitrogens with one attached hydrogen (secondary N) is 2. The number of rotatable bonds is 7. The third kappa shape index (κ3) is 5.05. The maximum absolute atomic E-state index is 12.2. The topological polar surface area (TPSA) is 44.4 Å². The Morgan fingerprint density at radius 1 is 1.12 bits per heavy atom. The van der Waals surface area contributed by atoms with Crippen molar-refractivity contribution in [2.45, 2.75) is 44.4 Å². The monoisotopic (exact) mass is 329 g/mol. The molecule has 0 saturated carbocycles. The molecular weight excluding hydrogens is 298 g/mol. The summed E-state index contributed by atoms with van der Waals surface area (Å²) in [6.45, 7) is 6.67. The van der Waals surface area contributed by atoms with E-state index in [-0.39, 0.29) is 5.91 Å². The van der Waals surface area contributed by atoms with Crippen LogP contribution in [0.2, 0.25) is 0 Å². The number of nitrogens with zero attached hydrogens (tertiary/aromatic N) is 1. The Kier molecular flexibility index (Phi) is 6.67. The fourth-order valence-electron chi connectivity index (χ4n) is 3.81. The van der Waals surface area contributed by atoms with Crippen molar-refractivity contribution >= 4 is 5.91 Å². The van der Waals surface area contributed by atoms with Crippen LogP contribution in [0.15, 0.2) is 24.3 Å². The fourth-order valence-corrected chi connectivity index (χ4v) is 3.81. The van der Waals surface area contributed by atoms with Crippen LogP contribution in [0, 0.1) is 0 Å². The number of unbranched alkanes of at least 4 members (excludes halogenated alkanes) is 1. The summed E-state index contributed by atoms with van der Waals surface area (Å²) in [6.07, 6.45) is 7.43. The molecule has 2 fully saturated rings. The molecular formula is C20H31N3O. The number of amides is 1. The van der Waals surface area contributed by atoms with E-state index in [1.165, 1.54) is 57.3 Å². The maximum atomic E-state index is 12.2. The molecule has 4 heteroatoms. The summed E-state index contributed by atoms with van der Waals surface area (Å²) < 4.78 is 0. The number of likely N-dealkylation sites (tertiary alicyclic amines) is 1. The molecule has 2 aliphatic rings. The predicted molar refractivity (Wildman–Crippen MR) is 98.5 cm³/mol. The molecule has 1 aromatic carbocycles. The smallest absolute Gasteiger partial charge is 0.251 e. The molecule has 2 saturated heterocycles.